The molecule has 2 N–H and O–H groups in total. The highest BCUT2D eigenvalue weighted by molar-refractivity contribution is 7.89. The van der Waals surface area contributed by atoms with E-state index < -0.39 is 33.3 Å². The number of halogens is 1. The van der Waals surface area contributed by atoms with E-state index >= 15 is 0 Å². The molecule has 5 rings (SSSR count). The molecule has 0 unspecified atom stereocenters. The molecule has 9 nitrogen and oxygen atoms in total. The predicted octanol–water partition coefficient (Wildman–Crippen LogP) is 4.10. The molecule has 2 aromatic rings. The molecule has 11 heteroatoms. The lowest BCUT2D eigenvalue weighted by atomic mass is 9.90. The topological polar surface area (TPSA) is 114 Å². The molecule has 1 saturated carbocycles. The Morgan fingerprint density at radius 2 is 1.70 bits per heavy atom. The molecular formula is C32H42FN3O6S. The smallest absolute Gasteiger partial charge is 0.246 e. The van der Waals surface area contributed by atoms with Crippen molar-refractivity contribution in [2.75, 3.05) is 19.8 Å². The van der Waals surface area contributed by atoms with E-state index in [0.717, 1.165) is 34.5 Å². The summed E-state index contributed by atoms with van der Waals surface area (Å²) in [6, 6.07) is 11.3. The average molecular weight is 616 g/mol. The fourth-order valence-electron chi connectivity index (χ4n) is 6.23. The first-order valence-corrected chi connectivity index (χ1v) is 16.8. The number of ether oxygens (including phenoxy) is 2. The maximum atomic E-state index is 13.9. The molecule has 2 saturated heterocycles. The van der Waals surface area contributed by atoms with Gasteiger partial charge in [-0.2, -0.15) is 4.31 Å². The first-order chi connectivity index (χ1) is 20.6. The van der Waals surface area contributed by atoms with Crippen molar-refractivity contribution < 1.29 is 31.9 Å². The molecule has 2 atom stereocenters. The molecule has 0 bridgehead atoms. The third-order valence-electron chi connectivity index (χ3n) is 8.70. The molecule has 1 aliphatic carbocycles. The fraction of sp³-hybridized carbons (Fsp3) is 0.562. The number of amides is 2. The van der Waals surface area contributed by atoms with Crippen LogP contribution in [0.25, 0.3) is 0 Å². The van der Waals surface area contributed by atoms with Gasteiger partial charge in [0.15, 0.2) is 0 Å². The molecular weight excluding hydrogens is 573 g/mol. The van der Waals surface area contributed by atoms with Crippen LogP contribution in [0.2, 0.25) is 0 Å². The largest absolute Gasteiger partial charge is 0.490 e. The Balaban J connectivity index is 1.36. The third kappa shape index (κ3) is 7.74. The monoisotopic (exact) mass is 615 g/mol. The van der Waals surface area contributed by atoms with Gasteiger partial charge in [-0.25, -0.2) is 12.8 Å². The van der Waals surface area contributed by atoms with E-state index in [0.29, 0.717) is 45.3 Å². The van der Waals surface area contributed by atoms with E-state index in [1.54, 1.807) is 6.92 Å². The van der Waals surface area contributed by atoms with Crippen molar-refractivity contribution in [3.8, 4) is 5.75 Å². The second kappa shape index (κ2) is 13.7. The SMILES string of the molecule is C[C@](Cc1ccc(OC2CCCC2)cc1)(NC(=O)[C@@H]1CCCCN1S(=O)(=O)c1cccc(F)c1)C(=O)NC1CCOCC1. The molecule has 3 fully saturated rings. The van der Waals surface area contributed by atoms with Crippen molar-refractivity contribution >= 4 is 21.8 Å². The maximum absolute atomic E-state index is 13.9. The lowest BCUT2D eigenvalue weighted by Gasteiger charge is -2.38. The predicted molar refractivity (Wildman–Crippen MR) is 159 cm³/mol. The number of piperidine rings is 1. The van der Waals surface area contributed by atoms with Gasteiger partial charge >= 0.3 is 0 Å². The number of benzene rings is 2. The molecule has 2 aliphatic heterocycles. The molecule has 0 radical (unpaired) electrons. The fourth-order valence-corrected chi connectivity index (χ4v) is 7.92. The van der Waals surface area contributed by atoms with E-state index in [-0.39, 0.29) is 35.9 Å². The summed E-state index contributed by atoms with van der Waals surface area (Å²) in [6.45, 7) is 2.90. The molecule has 3 aliphatic rings. The summed E-state index contributed by atoms with van der Waals surface area (Å²) < 4.78 is 53.7. The standard InChI is InChI=1S/C32H42FN3O6S/c1-32(31(38)34-25-16-19-41-20-17-25,22-23-12-14-27(15-13-23)42-26-8-2-3-9-26)35-30(37)29-11-4-5-18-36(29)43(39,40)28-10-6-7-24(33)21-28/h6-7,10,12-15,21,25-26,29H,2-5,8-9,11,16-20,22H2,1H3,(H,34,38)(H,35,37)/t29-,32+/m0/s1. The Morgan fingerprint density at radius 3 is 2.40 bits per heavy atom. The Labute approximate surface area is 253 Å². The second-order valence-corrected chi connectivity index (χ2v) is 14.0. The van der Waals surface area contributed by atoms with Gasteiger partial charge in [0.25, 0.3) is 0 Å². The first kappa shape index (κ1) is 31.4. The number of carbonyl (C=O) groups is 2. The van der Waals surface area contributed by atoms with Crippen LogP contribution in [0, 0.1) is 5.82 Å². The number of sulfonamides is 1. The molecule has 2 amide bonds. The molecule has 0 spiro atoms. The van der Waals surface area contributed by atoms with Crippen LogP contribution in [0.4, 0.5) is 4.39 Å². The highest BCUT2D eigenvalue weighted by atomic mass is 32.2. The zero-order valence-electron chi connectivity index (χ0n) is 24.7. The maximum Gasteiger partial charge on any atom is 0.246 e. The summed E-state index contributed by atoms with van der Waals surface area (Å²) in [4.78, 5) is 27.5. The number of nitrogens with one attached hydrogen (secondary N) is 2. The van der Waals surface area contributed by atoms with Gasteiger partial charge in [-0.15, -0.1) is 0 Å². The normalized spacial score (nSPS) is 22.0. The quantitative estimate of drug-likeness (QED) is 0.416. The van der Waals surface area contributed by atoms with Gasteiger partial charge in [-0.05, 0) is 94.2 Å². The van der Waals surface area contributed by atoms with Crippen molar-refractivity contribution in [3.05, 3.63) is 59.9 Å². The average Bonchev–Trinajstić information content (AvgIpc) is 3.52. The van der Waals surface area contributed by atoms with E-state index in [4.69, 9.17) is 9.47 Å². The summed E-state index contributed by atoms with van der Waals surface area (Å²) >= 11 is 0. The summed E-state index contributed by atoms with van der Waals surface area (Å²) in [5, 5.41) is 6.03. The summed E-state index contributed by atoms with van der Waals surface area (Å²) in [5.74, 6) is -0.788. The minimum atomic E-state index is -4.15. The third-order valence-corrected chi connectivity index (χ3v) is 10.6. The van der Waals surface area contributed by atoms with Crippen LogP contribution in [-0.4, -0.2) is 68.0 Å². The highest BCUT2D eigenvalue weighted by Gasteiger charge is 2.43. The number of carbonyl (C=O) groups excluding carboxylic acids is 2. The van der Waals surface area contributed by atoms with E-state index in [1.807, 2.05) is 24.3 Å². The van der Waals surface area contributed by atoms with Crippen LogP contribution in [-0.2, 0) is 30.8 Å². The van der Waals surface area contributed by atoms with Crippen LogP contribution in [0.1, 0.15) is 70.3 Å². The number of nitrogens with zero attached hydrogens (tertiary/aromatic N) is 1. The van der Waals surface area contributed by atoms with Crippen molar-refractivity contribution in [3.63, 3.8) is 0 Å². The van der Waals surface area contributed by atoms with Gasteiger partial charge in [0.05, 0.1) is 11.0 Å². The van der Waals surface area contributed by atoms with Gasteiger partial charge in [0.1, 0.15) is 23.1 Å². The van der Waals surface area contributed by atoms with Crippen molar-refractivity contribution in [2.24, 2.45) is 0 Å². The second-order valence-electron chi connectivity index (χ2n) is 12.1. The lowest BCUT2D eigenvalue weighted by Crippen LogP contribution is -2.63. The molecule has 43 heavy (non-hydrogen) atoms. The van der Waals surface area contributed by atoms with Crippen molar-refractivity contribution in [1.29, 1.82) is 0 Å². The Hall–Kier alpha value is -3.02. The number of rotatable bonds is 10. The van der Waals surface area contributed by atoms with Gasteiger partial charge in [0, 0.05) is 32.2 Å². The zero-order valence-corrected chi connectivity index (χ0v) is 25.5. The van der Waals surface area contributed by atoms with Gasteiger partial charge < -0.3 is 20.1 Å². The van der Waals surface area contributed by atoms with E-state index in [1.165, 1.54) is 31.0 Å². The minimum Gasteiger partial charge on any atom is -0.490 e. The van der Waals surface area contributed by atoms with Crippen LogP contribution >= 0.6 is 0 Å². The van der Waals surface area contributed by atoms with E-state index in [2.05, 4.69) is 10.6 Å². The first-order valence-electron chi connectivity index (χ1n) is 15.4. The highest BCUT2D eigenvalue weighted by Crippen LogP contribution is 2.28. The van der Waals surface area contributed by atoms with Crippen LogP contribution < -0.4 is 15.4 Å². The zero-order chi connectivity index (χ0) is 30.5. The molecule has 234 valence electrons. The summed E-state index contributed by atoms with van der Waals surface area (Å²) in [6.07, 6.45) is 7.73. The Morgan fingerprint density at radius 1 is 1.00 bits per heavy atom. The van der Waals surface area contributed by atoms with E-state index in [9.17, 15) is 22.4 Å². The van der Waals surface area contributed by atoms with Crippen LogP contribution in [0.3, 0.4) is 0 Å². The summed E-state index contributed by atoms with van der Waals surface area (Å²) in [7, 11) is -4.15. The molecule has 0 aromatic heterocycles. The van der Waals surface area contributed by atoms with Gasteiger partial charge in [-0.1, -0.05) is 24.6 Å². The number of hydrogen-bond acceptors (Lipinski definition) is 6. The van der Waals surface area contributed by atoms with Gasteiger partial charge in [0.2, 0.25) is 21.8 Å². The summed E-state index contributed by atoms with van der Waals surface area (Å²) in [5.41, 5.74) is -0.536. The molecule has 2 heterocycles. The van der Waals surface area contributed by atoms with Gasteiger partial charge in [-0.3, -0.25) is 9.59 Å². The van der Waals surface area contributed by atoms with Crippen molar-refractivity contribution in [2.45, 2.75) is 99.8 Å². The van der Waals surface area contributed by atoms with Crippen molar-refractivity contribution in [1.82, 2.24) is 14.9 Å². The Kier molecular flexibility index (Phi) is 10.0. The van der Waals surface area contributed by atoms with Crippen LogP contribution in [0.15, 0.2) is 53.4 Å². The lowest BCUT2D eigenvalue weighted by molar-refractivity contribution is -0.136. The Bertz CT molecular complexity index is 1380. The molecule has 2 aromatic carbocycles. The number of hydrogen-bond donors (Lipinski definition) is 2. The minimum absolute atomic E-state index is 0.0841. The van der Waals surface area contributed by atoms with Crippen LogP contribution in [0.5, 0.6) is 5.75 Å².